The van der Waals surface area contributed by atoms with Crippen LogP contribution in [0.3, 0.4) is 0 Å². The van der Waals surface area contributed by atoms with Crippen LogP contribution in [0.25, 0.3) is 0 Å². The Labute approximate surface area is 153 Å². The van der Waals surface area contributed by atoms with Crippen LogP contribution in [0, 0.1) is 0 Å². The van der Waals surface area contributed by atoms with Gasteiger partial charge in [-0.15, -0.1) is 0 Å². The molecular formula is C20H25N3O3. The van der Waals surface area contributed by atoms with Gasteiger partial charge in [0, 0.05) is 11.3 Å². The lowest BCUT2D eigenvalue weighted by atomic mass is 10.1. The molecule has 138 valence electrons. The minimum absolute atomic E-state index is 0.156. The van der Waals surface area contributed by atoms with E-state index in [2.05, 4.69) is 17.6 Å². The van der Waals surface area contributed by atoms with Gasteiger partial charge >= 0.3 is 6.03 Å². The maximum absolute atomic E-state index is 12.4. The molecule has 1 atom stereocenters. The van der Waals surface area contributed by atoms with E-state index in [9.17, 15) is 9.59 Å². The standard InChI is InChI=1S/C20H25N3O3/c1-3-4-13-26-18-11-7-16(8-12-18)19(24)22-14(2)15-5-9-17(10-6-15)23-20(21)25/h5-12,14H,3-4,13H2,1-2H3,(H,22,24)(H3,21,23,25). The number of nitrogens with one attached hydrogen (secondary N) is 2. The van der Waals surface area contributed by atoms with Crippen LogP contribution in [0.5, 0.6) is 5.75 Å². The quantitative estimate of drug-likeness (QED) is 0.628. The highest BCUT2D eigenvalue weighted by Crippen LogP contribution is 2.18. The van der Waals surface area contributed by atoms with Crippen molar-refractivity contribution >= 4 is 17.6 Å². The van der Waals surface area contributed by atoms with Crippen molar-refractivity contribution in [3.63, 3.8) is 0 Å². The minimum Gasteiger partial charge on any atom is -0.494 e. The average molecular weight is 355 g/mol. The normalized spacial score (nSPS) is 11.5. The van der Waals surface area contributed by atoms with Crippen molar-refractivity contribution in [1.82, 2.24) is 5.32 Å². The molecule has 2 aromatic carbocycles. The maximum Gasteiger partial charge on any atom is 0.316 e. The summed E-state index contributed by atoms with van der Waals surface area (Å²) in [5, 5.41) is 5.45. The van der Waals surface area contributed by atoms with Crippen LogP contribution < -0.4 is 21.1 Å². The first kappa shape index (κ1) is 19.3. The summed E-state index contributed by atoms with van der Waals surface area (Å²) in [6, 6.07) is 13.5. The van der Waals surface area contributed by atoms with Gasteiger partial charge in [0.2, 0.25) is 0 Å². The van der Waals surface area contributed by atoms with Gasteiger partial charge in [0.15, 0.2) is 0 Å². The van der Waals surface area contributed by atoms with Gasteiger partial charge in [-0.25, -0.2) is 4.79 Å². The fourth-order valence-electron chi connectivity index (χ4n) is 2.40. The van der Waals surface area contributed by atoms with E-state index in [0.29, 0.717) is 17.9 Å². The van der Waals surface area contributed by atoms with Crippen molar-refractivity contribution in [2.75, 3.05) is 11.9 Å². The van der Waals surface area contributed by atoms with E-state index < -0.39 is 6.03 Å². The fraction of sp³-hybridized carbons (Fsp3) is 0.300. The summed E-state index contributed by atoms with van der Waals surface area (Å²) in [5.41, 5.74) is 7.19. The molecular weight excluding hydrogens is 330 g/mol. The maximum atomic E-state index is 12.4. The molecule has 26 heavy (non-hydrogen) atoms. The number of urea groups is 1. The summed E-state index contributed by atoms with van der Waals surface area (Å²) in [7, 11) is 0. The summed E-state index contributed by atoms with van der Waals surface area (Å²) in [4.78, 5) is 23.2. The largest absolute Gasteiger partial charge is 0.494 e. The lowest BCUT2D eigenvalue weighted by molar-refractivity contribution is 0.0940. The Kier molecular flexibility index (Phi) is 7.02. The summed E-state index contributed by atoms with van der Waals surface area (Å²) >= 11 is 0. The van der Waals surface area contributed by atoms with Gasteiger partial charge in [0.1, 0.15) is 5.75 Å². The summed E-state index contributed by atoms with van der Waals surface area (Å²) in [5.74, 6) is 0.609. The zero-order valence-electron chi connectivity index (χ0n) is 15.1. The number of hydrogen-bond donors (Lipinski definition) is 3. The predicted octanol–water partition coefficient (Wildman–Crippen LogP) is 3.85. The number of carbonyl (C=O) groups excluding carboxylic acids is 2. The first-order valence-electron chi connectivity index (χ1n) is 8.69. The Morgan fingerprint density at radius 3 is 2.31 bits per heavy atom. The third-order valence-corrected chi connectivity index (χ3v) is 3.91. The van der Waals surface area contributed by atoms with Gasteiger partial charge in [0.25, 0.3) is 5.91 Å². The number of unbranched alkanes of at least 4 members (excludes halogenated alkanes) is 1. The van der Waals surface area contributed by atoms with Crippen LogP contribution >= 0.6 is 0 Å². The van der Waals surface area contributed by atoms with Crippen molar-refractivity contribution in [1.29, 1.82) is 0 Å². The lowest BCUT2D eigenvalue weighted by Crippen LogP contribution is -2.26. The van der Waals surface area contributed by atoms with E-state index in [1.165, 1.54) is 0 Å². The van der Waals surface area contributed by atoms with E-state index in [1.807, 2.05) is 19.1 Å². The second-order valence-electron chi connectivity index (χ2n) is 6.03. The molecule has 0 saturated carbocycles. The smallest absolute Gasteiger partial charge is 0.316 e. The lowest BCUT2D eigenvalue weighted by Gasteiger charge is -2.15. The highest BCUT2D eigenvalue weighted by Gasteiger charge is 2.12. The number of anilines is 1. The minimum atomic E-state index is -0.610. The number of rotatable bonds is 8. The van der Waals surface area contributed by atoms with Crippen LogP contribution in [-0.2, 0) is 0 Å². The fourth-order valence-corrected chi connectivity index (χ4v) is 2.40. The molecule has 0 fully saturated rings. The Hall–Kier alpha value is -3.02. The number of benzene rings is 2. The number of carbonyl (C=O) groups is 2. The van der Waals surface area contributed by atoms with Gasteiger partial charge in [-0.2, -0.15) is 0 Å². The highest BCUT2D eigenvalue weighted by molar-refractivity contribution is 5.94. The molecule has 0 heterocycles. The van der Waals surface area contributed by atoms with Crippen molar-refractivity contribution in [2.24, 2.45) is 5.73 Å². The summed E-state index contributed by atoms with van der Waals surface area (Å²) in [6.07, 6.45) is 2.09. The molecule has 0 aliphatic carbocycles. The van der Waals surface area contributed by atoms with Gasteiger partial charge in [0.05, 0.1) is 12.6 Å². The predicted molar refractivity (Wildman–Crippen MR) is 102 cm³/mol. The molecule has 6 heteroatoms. The number of ether oxygens (including phenoxy) is 1. The number of primary amides is 1. The topological polar surface area (TPSA) is 93.4 Å². The SMILES string of the molecule is CCCCOc1ccc(C(=O)NC(C)c2ccc(NC(N)=O)cc2)cc1. The van der Waals surface area contributed by atoms with E-state index in [1.54, 1.807) is 36.4 Å². The van der Waals surface area contributed by atoms with E-state index in [-0.39, 0.29) is 11.9 Å². The number of amides is 3. The van der Waals surface area contributed by atoms with Crippen LogP contribution in [0.1, 0.15) is 48.7 Å². The average Bonchev–Trinajstić information content (AvgIpc) is 2.62. The van der Waals surface area contributed by atoms with Crippen molar-refractivity contribution in [3.8, 4) is 5.75 Å². The summed E-state index contributed by atoms with van der Waals surface area (Å²) < 4.78 is 5.60. The Morgan fingerprint density at radius 1 is 1.08 bits per heavy atom. The van der Waals surface area contributed by atoms with Crippen LogP contribution in [0.2, 0.25) is 0 Å². The summed E-state index contributed by atoms with van der Waals surface area (Å²) in [6.45, 7) is 4.69. The molecule has 2 aromatic rings. The van der Waals surface area contributed by atoms with Crippen molar-refractivity contribution in [3.05, 3.63) is 59.7 Å². The third kappa shape index (κ3) is 5.81. The third-order valence-electron chi connectivity index (χ3n) is 3.91. The van der Waals surface area contributed by atoms with Crippen LogP contribution in [0.4, 0.5) is 10.5 Å². The zero-order chi connectivity index (χ0) is 18.9. The number of hydrogen-bond acceptors (Lipinski definition) is 3. The molecule has 0 aliphatic rings. The number of nitrogens with two attached hydrogens (primary N) is 1. The zero-order valence-corrected chi connectivity index (χ0v) is 15.1. The molecule has 6 nitrogen and oxygen atoms in total. The molecule has 0 aromatic heterocycles. The molecule has 0 radical (unpaired) electrons. The van der Waals surface area contributed by atoms with E-state index in [4.69, 9.17) is 10.5 Å². The van der Waals surface area contributed by atoms with Gasteiger partial charge in [-0.05, 0) is 55.3 Å². The molecule has 4 N–H and O–H groups in total. The molecule has 0 saturated heterocycles. The second-order valence-corrected chi connectivity index (χ2v) is 6.03. The van der Waals surface area contributed by atoms with Crippen molar-refractivity contribution in [2.45, 2.75) is 32.7 Å². The van der Waals surface area contributed by atoms with Crippen molar-refractivity contribution < 1.29 is 14.3 Å². The molecule has 0 bridgehead atoms. The van der Waals surface area contributed by atoms with Crippen LogP contribution in [-0.4, -0.2) is 18.5 Å². The Bertz CT molecular complexity index is 727. The first-order chi connectivity index (χ1) is 12.5. The second kappa shape index (κ2) is 9.46. The monoisotopic (exact) mass is 355 g/mol. The Morgan fingerprint density at radius 2 is 1.73 bits per heavy atom. The Balaban J connectivity index is 1.92. The van der Waals surface area contributed by atoms with E-state index >= 15 is 0 Å². The molecule has 1 unspecified atom stereocenters. The molecule has 3 amide bonds. The van der Waals surface area contributed by atoms with Gasteiger partial charge in [-0.3, -0.25) is 4.79 Å². The molecule has 2 rings (SSSR count). The van der Waals surface area contributed by atoms with Crippen LogP contribution in [0.15, 0.2) is 48.5 Å². The highest BCUT2D eigenvalue weighted by atomic mass is 16.5. The molecule has 0 aliphatic heterocycles. The molecule has 0 spiro atoms. The van der Waals surface area contributed by atoms with Gasteiger partial charge < -0.3 is 21.1 Å². The first-order valence-corrected chi connectivity index (χ1v) is 8.69. The van der Waals surface area contributed by atoms with E-state index in [0.717, 1.165) is 24.2 Å². The van der Waals surface area contributed by atoms with Gasteiger partial charge in [-0.1, -0.05) is 25.5 Å².